The molecule has 1 atom stereocenters. The van der Waals surface area contributed by atoms with Crippen molar-refractivity contribution in [3.8, 4) is 0 Å². The number of amides is 2. The van der Waals surface area contributed by atoms with Crippen molar-refractivity contribution in [1.29, 1.82) is 0 Å². The third-order valence-corrected chi connectivity index (χ3v) is 2.80. The van der Waals surface area contributed by atoms with Crippen LogP contribution < -0.4 is 10.6 Å². The van der Waals surface area contributed by atoms with Crippen LogP contribution in [0.4, 0.5) is 5.82 Å². The molecular formula is C11H10ClN3O4. The predicted molar refractivity (Wildman–Crippen MR) is 66.0 cm³/mol. The smallest absolute Gasteiger partial charge is 0.335 e. The zero-order valence-corrected chi connectivity index (χ0v) is 10.4. The Morgan fingerprint density at radius 2 is 2.21 bits per heavy atom. The molecule has 7 nitrogen and oxygen atoms in total. The Balaban J connectivity index is 2.17. The highest BCUT2D eigenvalue weighted by Gasteiger charge is 2.26. The molecule has 100 valence electrons. The van der Waals surface area contributed by atoms with Gasteiger partial charge in [-0.3, -0.25) is 14.9 Å². The fourth-order valence-electron chi connectivity index (χ4n) is 1.70. The highest BCUT2D eigenvalue weighted by atomic mass is 35.5. The van der Waals surface area contributed by atoms with Crippen molar-refractivity contribution >= 4 is 35.2 Å². The number of pyridine rings is 1. The van der Waals surface area contributed by atoms with Gasteiger partial charge in [0, 0.05) is 6.42 Å². The number of aromatic carboxylic acids is 1. The number of hydrogen-bond acceptors (Lipinski definition) is 5. The number of halogens is 1. The number of carboxylic acid groups (broad SMARTS) is 1. The maximum atomic E-state index is 11.5. The van der Waals surface area contributed by atoms with E-state index in [1.807, 2.05) is 0 Å². The molecule has 2 heterocycles. The molecule has 1 aromatic heterocycles. The van der Waals surface area contributed by atoms with E-state index in [0.717, 1.165) is 0 Å². The van der Waals surface area contributed by atoms with Gasteiger partial charge in [0.15, 0.2) is 0 Å². The molecule has 0 aromatic carbocycles. The Hall–Kier alpha value is -2.15. The van der Waals surface area contributed by atoms with Gasteiger partial charge in [-0.05, 0) is 18.6 Å². The largest absolute Gasteiger partial charge is 0.478 e. The van der Waals surface area contributed by atoms with Crippen molar-refractivity contribution in [3.63, 3.8) is 0 Å². The zero-order valence-electron chi connectivity index (χ0n) is 9.64. The van der Waals surface area contributed by atoms with E-state index in [4.69, 9.17) is 16.7 Å². The van der Waals surface area contributed by atoms with Gasteiger partial charge in [0.25, 0.3) is 0 Å². The highest BCUT2D eigenvalue weighted by Crippen LogP contribution is 2.17. The molecule has 2 amide bonds. The van der Waals surface area contributed by atoms with Crippen molar-refractivity contribution in [3.05, 3.63) is 22.8 Å². The number of hydrogen-bond donors (Lipinski definition) is 3. The third-order valence-electron chi connectivity index (χ3n) is 2.60. The Morgan fingerprint density at radius 3 is 2.84 bits per heavy atom. The summed E-state index contributed by atoms with van der Waals surface area (Å²) in [4.78, 5) is 37.3. The van der Waals surface area contributed by atoms with E-state index in [0.29, 0.717) is 6.42 Å². The molecule has 0 radical (unpaired) electrons. The lowest BCUT2D eigenvalue weighted by atomic mass is 10.1. The van der Waals surface area contributed by atoms with Crippen molar-refractivity contribution in [1.82, 2.24) is 10.3 Å². The Labute approximate surface area is 113 Å². The van der Waals surface area contributed by atoms with Gasteiger partial charge in [0.2, 0.25) is 11.8 Å². The molecule has 2 rings (SSSR count). The monoisotopic (exact) mass is 283 g/mol. The molecule has 1 fully saturated rings. The van der Waals surface area contributed by atoms with Crippen molar-refractivity contribution in [2.75, 3.05) is 5.32 Å². The van der Waals surface area contributed by atoms with Crippen LogP contribution in [-0.2, 0) is 9.59 Å². The molecule has 3 N–H and O–H groups in total. The molecule has 0 aliphatic carbocycles. The van der Waals surface area contributed by atoms with Crippen LogP contribution in [-0.4, -0.2) is 33.9 Å². The summed E-state index contributed by atoms with van der Waals surface area (Å²) < 4.78 is 0. The van der Waals surface area contributed by atoms with Crippen LogP contribution in [0, 0.1) is 0 Å². The van der Waals surface area contributed by atoms with Gasteiger partial charge < -0.3 is 10.4 Å². The first-order valence-electron chi connectivity index (χ1n) is 5.47. The summed E-state index contributed by atoms with van der Waals surface area (Å²) in [7, 11) is 0. The number of anilines is 1. The van der Waals surface area contributed by atoms with Gasteiger partial charge in [-0.15, -0.1) is 0 Å². The van der Waals surface area contributed by atoms with E-state index in [2.05, 4.69) is 15.6 Å². The van der Waals surface area contributed by atoms with Gasteiger partial charge >= 0.3 is 5.97 Å². The van der Waals surface area contributed by atoms with E-state index >= 15 is 0 Å². The maximum absolute atomic E-state index is 11.5. The molecule has 1 aromatic rings. The SMILES string of the molecule is O=C1CCC(Nc2cc(C(=O)O)cc(Cl)n2)C(=O)N1. The first kappa shape index (κ1) is 13.3. The second-order valence-corrected chi connectivity index (χ2v) is 4.40. The Kier molecular flexibility index (Phi) is 3.66. The summed E-state index contributed by atoms with van der Waals surface area (Å²) in [5.74, 6) is -1.75. The van der Waals surface area contributed by atoms with Crippen molar-refractivity contribution in [2.45, 2.75) is 18.9 Å². The molecule has 0 spiro atoms. The van der Waals surface area contributed by atoms with Gasteiger partial charge in [-0.25, -0.2) is 9.78 Å². The summed E-state index contributed by atoms with van der Waals surface area (Å²) in [6.07, 6.45) is 0.539. The molecule has 0 saturated carbocycles. The molecule has 1 aliphatic rings. The summed E-state index contributed by atoms with van der Waals surface area (Å²) in [6, 6.07) is 1.85. The van der Waals surface area contributed by atoms with Crippen LogP contribution in [0.1, 0.15) is 23.2 Å². The van der Waals surface area contributed by atoms with Gasteiger partial charge in [-0.2, -0.15) is 0 Å². The number of nitrogens with one attached hydrogen (secondary N) is 2. The lowest BCUT2D eigenvalue weighted by Gasteiger charge is -2.22. The second kappa shape index (κ2) is 5.23. The van der Waals surface area contributed by atoms with E-state index in [9.17, 15) is 14.4 Å². The standard InChI is InChI=1S/C11H10ClN3O4/c12-7-3-5(11(18)19)4-8(14-7)13-6-1-2-9(16)15-10(6)17/h3-4,6H,1-2H2,(H,13,14)(H,18,19)(H,15,16,17). The van der Waals surface area contributed by atoms with Crippen LogP contribution in [0.2, 0.25) is 5.15 Å². The van der Waals surface area contributed by atoms with Crippen LogP contribution >= 0.6 is 11.6 Å². The van der Waals surface area contributed by atoms with Gasteiger partial charge in [0.05, 0.1) is 5.56 Å². The second-order valence-electron chi connectivity index (χ2n) is 4.02. The zero-order chi connectivity index (χ0) is 14.0. The van der Waals surface area contributed by atoms with Crippen LogP contribution in [0.15, 0.2) is 12.1 Å². The average Bonchev–Trinajstić information content (AvgIpc) is 2.32. The number of carbonyl (C=O) groups is 3. The molecule has 8 heteroatoms. The van der Waals surface area contributed by atoms with Crippen LogP contribution in [0.25, 0.3) is 0 Å². The summed E-state index contributed by atoms with van der Waals surface area (Å²) in [5, 5.41) is 13.8. The topological polar surface area (TPSA) is 108 Å². The van der Waals surface area contributed by atoms with Crippen LogP contribution in [0.5, 0.6) is 0 Å². The summed E-state index contributed by atoms with van der Waals surface area (Å²) in [6.45, 7) is 0. The summed E-state index contributed by atoms with van der Waals surface area (Å²) >= 11 is 5.70. The van der Waals surface area contributed by atoms with Gasteiger partial charge in [-0.1, -0.05) is 11.6 Å². The molecule has 1 aliphatic heterocycles. The predicted octanol–water partition coefficient (Wildman–Crippen LogP) is 0.650. The minimum atomic E-state index is -1.14. The number of imide groups is 1. The Bertz CT molecular complexity index is 561. The maximum Gasteiger partial charge on any atom is 0.335 e. The summed E-state index contributed by atoms with van der Waals surface area (Å²) in [5.41, 5.74) is -0.0326. The first-order chi connectivity index (χ1) is 8.95. The quantitative estimate of drug-likeness (QED) is 0.555. The first-order valence-corrected chi connectivity index (χ1v) is 5.84. The molecule has 1 unspecified atom stereocenters. The molecular weight excluding hydrogens is 274 g/mol. The fraction of sp³-hybridized carbons (Fsp3) is 0.273. The van der Waals surface area contributed by atoms with E-state index in [-0.39, 0.29) is 28.9 Å². The normalized spacial score (nSPS) is 18.9. The molecule has 0 bridgehead atoms. The van der Waals surface area contributed by atoms with Crippen LogP contribution in [0.3, 0.4) is 0 Å². The van der Waals surface area contributed by atoms with Crippen molar-refractivity contribution in [2.24, 2.45) is 0 Å². The lowest BCUT2D eigenvalue weighted by Crippen LogP contribution is -2.47. The van der Waals surface area contributed by atoms with E-state index < -0.39 is 17.9 Å². The average molecular weight is 284 g/mol. The van der Waals surface area contributed by atoms with Gasteiger partial charge in [0.1, 0.15) is 17.0 Å². The Morgan fingerprint density at radius 1 is 1.47 bits per heavy atom. The minimum Gasteiger partial charge on any atom is -0.478 e. The van der Waals surface area contributed by atoms with Crippen molar-refractivity contribution < 1.29 is 19.5 Å². The number of carboxylic acids is 1. The van der Waals surface area contributed by atoms with E-state index in [1.54, 1.807) is 0 Å². The number of nitrogens with zero attached hydrogens (tertiary/aromatic N) is 1. The molecule has 1 saturated heterocycles. The third kappa shape index (κ3) is 3.19. The number of carbonyl (C=O) groups excluding carboxylic acids is 2. The fourth-order valence-corrected chi connectivity index (χ4v) is 1.91. The number of piperidine rings is 1. The lowest BCUT2D eigenvalue weighted by molar-refractivity contribution is -0.133. The molecule has 19 heavy (non-hydrogen) atoms. The number of aromatic nitrogens is 1. The highest BCUT2D eigenvalue weighted by molar-refractivity contribution is 6.29. The van der Waals surface area contributed by atoms with E-state index in [1.165, 1.54) is 12.1 Å². The minimum absolute atomic E-state index is 0.00898. The number of rotatable bonds is 3.